The molecule has 1 aliphatic heterocycles. The van der Waals surface area contributed by atoms with E-state index >= 15 is 0 Å². The molecule has 1 fully saturated rings. The lowest BCUT2D eigenvalue weighted by atomic mass is 9.93. The number of piperidine rings is 1. The highest BCUT2D eigenvalue weighted by Crippen LogP contribution is 2.20. The van der Waals surface area contributed by atoms with Crippen LogP contribution in [0, 0.1) is 5.92 Å². The van der Waals surface area contributed by atoms with Crippen molar-refractivity contribution in [2.24, 2.45) is 5.92 Å². The molecule has 16 heavy (non-hydrogen) atoms. The standard InChI is InChI=1S/C11H19NO4/c1-8(13)9-3-2-6-12(7-9)10(14)4-5-11(15)16/h8-9,13H,2-7H2,1H3,(H,15,16)/t8-,9-/m1/s1. The molecule has 0 unspecified atom stereocenters. The number of hydrogen-bond donors (Lipinski definition) is 2. The van der Waals surface area contributed by atoms with E-state index in [1.165, 1.54) is 0 Å². The Balaban J connectivity index is 2.40. The number of likely N-dealkylation sites (tertiary alicyclic amines) is 1. The SMILES string of the molecule is C[C@@H](O)[C@@H]1CCCN(C(=O)CCC(=O)O)C1. The molecule has 2 N–H and O–H groups in total. The minimum Gasteiger partial charge on any atom is -0.481 e. The molecule has 1 saturated heterocycles. The number of aliphatic hydroxyl groups excluding tert-OH is 1. The summed E-state index contributed by atoms with van der Waals surface area (Å²) >= 11 is 0. The van der Waals surface area contributed by atoms with Crippen LogP contribution in [0.4, 0.5) is 0 Å². The molecule has 1 heterocycles. The van der Waals surface area contributed by atoms with E-state index in [4.69, 9.17) is 5.11 Å². The molecule has 0 aromatic carbocycles. The van der Waals surface area contributed by atoms with Gasteiger partial charge in [-0.15, -0.1) is 0 Å². The van der Waals surface area contributed by atoms with Crippen LogP contribution in [0.25, 0.3) is 0 Å². The van der Waals surface area contributed by atoms with E-state index in [-0.39, 0.29) is 24.7 Å². The van der Waals surface area contributed by atoms with Gasteiger partial charge in [0.25, 0.3) is 0 Å². The molecule has 0 spiro atoms. The molecular weight excluding hydrogens is 210 g/mol. The first-order valence-corrected chi connectivity index (χ1v) is 5.68. The van der Waals surface area contributed by atoms with Crippen LogP contribution in [-0.4, -0.2) is 46.2 Å². The summed E-state index contributed by atoms with van der Waals surface area (Å²) in [7, 11) is 0. The minimum atomic E-state index is -0.947. The molecule has 1 aliphatic rings. The van der Waals surface area contributed by atoms with E-state index in [1.807, 2.05) is 0 Å². The fraction of sp³-hybridized carbons (Fsp3) is 0.818. The van der Waals surface area contributed by atoms with E-state index < -0.39 is 12.1 Å². The van der Waals surface area contributed by atoms with E-state index in [1.54, 1.807) is 11.8 Å². The monoisotopic (exact) mass is 229 g/mol. The second-order valence-corrected chi connectivity index (χ2v) is 4.38. The number of rotatable bonds is 4. The van der Waals surface area contributed by atoms with Crippen molar-refractivity contribution in [2.45, 2.75) is 38.7 Å². The molecular formula is C11H19NO4. The van der Waals surface area contributed by atoms with Crippen LogP contribution in [0.2, 0.25) is 0 Å². The summed E-state index contributed by atoms with van der Waals surface area (Å²) in [6.45, 7) is 2.97. The lowest BCUT2D eigenvalue weighted by Gasteiger charge is -2.34. The third-order valence-electron chi connectivity index (χ3n) is 3.05. The van der Waals surface area contributed by atoms with Crippen molar-refractivity contribution in [3.8, 4) is 0 Å². The van der Waals surface area contributed by atoms with E-state index in [0.29, 0.717) is 13.1 Å². The molecule has 5 heteroatoms. The molecule has 0 bridgehead atoms. The summed E-state index contributed by atoms with van der Waals surface area (Å²) in [5, 5.41) is 18.0. The molecule has 0 aromatic rings. The zero-order valence-corrected chi connectivity index (χ0v) is 9.56. The molecule has 5 nitrogen and oxygen atoms in total. The number of carbonyl (C=O) groups is 2. The van der Waals surface area contributed by atoms with E-state index in [0.717, 1.165) is 12.8 Å². The van der Waals surface area contributed by atoms with Gasteiger partial charge in [-0.3, -0.25) is 9.59 Å². The molecule has 1 rings (SSSR count). The van der Waals surface area contributed by atoms with Gasteiger partial charge >= 0.3 is 5.97 Å². The van der Waals surface area contributed by atoms with Crippen LogP contribution < -0.4 is 0 Å². The van der Waals surface area contributed by atoms with Crippen molar-refractivity contribution in [3.05, 3.63) is 0 Å². The van der Waals surface area contributed by atoms with Crippen LogP contribution in [0.3, 0.4) is 0 Å². The maximum Gasteiger partial charge on any atom is 0.303 e. The molecule has 0 aromatic heterocycles. The lowest BCUT2D eigenvalue weighted by Crippen LogP contribution is -2.43. The first kappa shape index (κ1) is 13.0. The van der Waals surface area contributed by atoms with Crippen molar-refractivity contribution in [1.82, 2.24) is 4.90 Å². The highest BCUT2D eigenvalue weighted by atomic mass is 16.4. The zero-order valence-electron chi connectivity index (χ0n) is 9.56. The summed E-state index contributed by atoms with van der Waals surface area (Å²) in [4.78, 5) is 23.7. The van der Waals surface area contributed by atoms with E-state index in [2.05, 4.69) is 0 Å². The summed E-state index contributed by atoms with van der Waals surface area (Å²) in [6, 6.07) is 0. The second kappa shape index (κ2) is 5.84. The number of aliphatic carboxylic acids is 1. The van der Waals surface area contributed by atoms with Crippen LogP contribution in [-0.2, 0) is 9.59 Å². The summed E-state index contributed by atoms with van der Waals surface area (Å²) in [5.74, 6) is -0.937. The summed E-state index contributed by atoms with van der Waals surface area (Å²) in [6.07, 6.45) is 1.35. The smallest absolute Gasteiger partial charge is 0.303 e. The van der Waals surface area contributed by atoms with Gasteiger partial charge in [-0.2, -0.15) is 0 Å². The van der Waals surface area contributed by atoms with Gasteiger partial charge in [0.1, 0.15) is 0 Å². The predicted molar refractivity (Wildman–Crippen MR) is 57.9 cm³/mol. The number of carboxylic acids is 1. The average molecular weight is 229 g/mol. The van der Waals surface area contributed by atoms with Gasteiger partial charge in [-0.05, 0) is 19.8 Å². The van der Waals surface area contributed by atoms with Gasteiger partial charge in [0.2, 0.25) is 5.91 Å². The first-order chi connectivity index (χ1) is 7.50. The Morgan fingerprint density at radius 3 is 2.69 bits per heavy atom. The van der Waals surface area contributed by atoms with Crippen molar-refractivity contribution < 1.29 is 19.8 Å². The Bertz CT molecular complexity index is 265. The maximum atomic E-state index is 11.7. The highest BCUT2D eigenvalue weighted by molar-refractivity contribution is 5.80. The lowest BCUT2D eigenvalue weighted by molar-refractivity contribution is -0.141. The van der Waals surface area contributed by atoms with Gasteiger partial charge in [0.05, 0.1) is 12.5 Å². The highest BCUT2D eigenvalue weighted by Gasteiger charge is 2.26. The summed E-state index contributed by atoms with van der Waals surface area (Å²) < 4.78 is 0. The summed E-state index contributed by atoms with van der Waals surface area (Å²) in [5.41, 5.74) is 0. The Kier molecular flexibility index (Phi) is 4.73. The largest absolute Gasteiger partial charge is 0.481 e. The molecule has 92 valence electrons. The van der Waals surface area contributed by atoms with Gasteiger partial charge in [0, 0.05) is 25.4 Å². The van der Waals surface area contributed by atoms with Crippen molar-refractivity contribution >= 4 is 11.9 Å². The number of nitrogens with zero attached hydrogens (tertiary/aromatic N) is 1. The maximum absolute atomic E-state index is 11.7. The quantitative estimate of drug-likeness (QED) is 0.734. The van der Waals surface area contributed by atoms with Crippen LogP contribution in [0.1, 0.15) is 32.6 Å². The fourth-order valence-corrected chi connectivity index (χ4v) is 2.00. The molecule has 0 aliphatic carbocycles. The zero-order chi connectivity index (χ0) is 12.1. The van der Waals surface area contributed by atoms with Gasteiger partial charge in [0.15, 0.2) is 0 Å². The van der Waals surface area contributed by atoms with Crippen LogP contribution in [0.15, 0.2) is 0 Å². The Morgan fingerprint density at radius 2 is 2.12 bits per heavy atom. The Hall–Kier alpha value is -1.10. The van der Waals surface area contributed by atoms with Gasteiger partial charge < -0.3 is 15.1 Å². The molecule has 1 amide bonds. The van der Waals surface area contributed by atoms with Gasteiger partial charge in [-0.25, -0.2) is 0 Å². The number of aliphatic hydroxyl groups is 1. The Morgan fingerprint density at radius 1 is 1.44 bits per heavy atom. The van der Waals surface area contributed by atoms with Crippen LogP contribution >= 0.6 is 0 Å². The third-order valence-corrected chi connectivity index (χ3v) is 3.05. The second-order valence-electron chi connectivity index (χ2n) is 4.38. The molecule has 0 saturated carbocycles. The van der Waals surface area contributed by atoms with Crippen molar-refractivity contribution in [2.75, 3.05) is 13.1 Å². The number of carbonyl (C=O) groups excluding carboxylic acids is 1. The van der Waals surface area contributed by atoms with Crippen LogP contribution in [0.5, 0.6) is 0 Å². The molecule has 2 atom stereocenters. The van der Waals surface area contributed by atoms with Crippen molar-refractivity contribution in [3.63, 3.8) is 0 Å². The Labute approximate surface area is 95.1 Å². The normalized spacial score (nSPS) is 22.9. The fourth-order valence-electron chi connectivity index (χ4n) is 2.00. The molecule has 0 radical (unpaired) electrons. The van der Waals surface area contributed by atoms with Crippen molar-refractivity contribution in [1.29, 1.82) is 0 Å². The first-order valence-electron chi connectivity index (χ1n) is 5.68. The average Bonchev–Trinajstić information content (AvgIpc) is 2.26. The predicted octanol–water partition coefficient (Wildman–Crippen LogP) is 0.471. The third kappa shape index (κ3) is 3.81. The number of hydrogen-bond acceptors (Lipinski definition) is 3. The van der Waals surface area contributed by atoms with Gasteiger partial charge in [-0.1, -0.05) is 0 Å². The number of carboxylic acid groups (broad SMARTS) is 1. The minimum absolute atomic E-state index is 0.0574. The topological polar surface area (TPSA) is 77.8 Å². The van der Waals surface area contributed by atoms with E-state index in [9.17, 15) is 14.7 Å². The number of amides is 1.